The first-order valence-corrected chi connectivity index (χ1v) is 6.18. The van der Waals surface area contributed by atoms with Crippen molar-refractivity contribution in [2.45, 2.75) is 32.1 Å². The number of benzene rings is 1. The second-order valence-electron chi connectivity index (χ2n) is 4.43. The highest BCUT2D eigenvalue weighted by atomic mass is 16.2. The van der Waals surface area contributed by atoms with Gasteiger partial charge in [-0.3, -0.25) is 4.79 Å². The van der Waals surface area contributed by atoms with Gasteiger partial charge in [0.2, 0.25) is 5.91 Å². The maximum Gasteiger partial charge on any atom is 0.222 e. The van der Waals surface area contributed by atoms with Crippen molar-refractivity contribution in [2.75, 3.05) is 13.1 Å². The van der Waals surface area contributed by atoms with Crippen molar-refractivity contribution in [1.29, 1.82) is 0 Å². The zero-order valence-corrected chi connectivity index (χ0v) is 9.69. The van der Waals surface area contributed by atoms with E-state index in [0.29, 0.717) is 12.3 Å². The van der Waals surface area contributed by atoms with Crippen LogP contribution < -0.4 is 0 Å². The SMILES string of the molecule is O=C(CCc1ccccc1)N1CCCCC1. The predicted octanol–water partition coefficient (Wildman–Crippen LogP) is 2.63. The Bertz CT molecular complexity index is 328. The van der Waals surface area contributed by atoms with Gasteiger partial charge in [0.15, 0.2) is 0 Å². The first kappa shape index (κ1) is 11.2. The van der Waals surface area contributed by atoms with Crippen LogP contribution in [0.1, 0.15) is 31.2 Å². The van der Waals surface area contributed by atoms with Crippen molar-refractivity contribution >= 4 is 5.91 Å². The van der Waals surface area contributed by atoms with Crippen LogP contribution in [0.25, 0.3) is 0 Å². The van der Waals surface area contributed by atoms with E-state index in [1.54, 1.807) is 0 Å². The molecule has 0 aromatic heterocycles. The molecule has 86 valence electrons. The predicted molar refractivity (Wildman–Crippen MR) is 65.2 cm³/mol. The Labute approximate surface area is 97.3 Å². The first-order chi connectivity index (χ1) is 7.86. The van der Waals surface area contributed by atoms with Crippen LogP contribution in [-0.4, -0.2) is 23.9 Å². The minimum atomic E-state index is 0.323. The highest BCUT2D eigenvalue weighted by Gasteiger charge is 2.15. The lowest BCUT2D eigenvalue weighted by Gasteiger charge is -2.26. The van der Waals surface area contributed by atoms with Crippen molar-refractivity contribution in [3.63, 3.8) is 0 Å². The lowest BCUT2D eigenvalue weighted by atomic mass is 10.1. The minimum absolute atomic E-state index is 0.323. The standard InChI is InChI=1S/C14H19NO/c16-14(15-11-5-2-6-12-15)10-9-13-7-3-1-4-8-13/h1,3-4,7-8H,2,5-6,9-12H2. The molecular weight excluding hydrogens is 198 g/mol. The van der Waals surface area contributed by atoms with Gasteiger partial charge in [-0.25, -0.2) is 0 Å². The number of hydrogen-bond donors (Lipinski definition) is 0. The molecule has 1 aliphatic rings. The molecule has 2 rings (SSSR count). The Morgan fingerprint density at radius 2 is 1.75 bits per heavy atom. The number of nitrogens with zero attached hydrogens (tertiary/aromatic N) is 1. The number of aryl methyl sites for hydroxylation is 1. The Morgan fingerprint density at radius 3 is 2.44 bits per heavy atom. The van der Waals surface area contributed by atoms with Gasteiger partial charge in [-0.05, 0) is 31.2 Å². The van der Waals surface area contributed by atoms with Crippen molar-refractivity contribution in [3.05, 3.63) is 35.9 Å². The minimum Gasteiger partial charge on any atom is -0.343 e. The largest absolute Gasteiger partial charge is 0.343 e. The molecule has 0 radical (unpaired) electrons. The molecule has 2 heteroatoms. The quantitative estimate of drug-likeness (QED) is 0.762. The molecule has 16 heavy (non-hydrogen) atoms. The van der Waals surface area contributed by atoms with E-state index in [2.05, 4.69) is 12.1 Å². The molecule has 1 aromatic rings. The molecule has 0 saturated carbocycles. The fourth-order valence-corrected chi connectivity index (χ4v) is 2.20. The average Bonchev–Trinajstić information content (AvgIpc) is 2.38. The van der Waals surface area contributed by atoms with Crippen molar-refractivity contribution in [3.8, 4) is 0 Å². The molecule has 1 aliphatic heterocycles. The molecule has 0 unspecified atom stereocenters. The number of piperidine rings is 1. The third-order valence-electron chi connectivity index (χ3n) is 3.18. The zero-order chi connectivity index (χ0) is 11.2. The molecule has 1 heterocycles. The van der Waals surface area contributed by atoms with Crippen LogP contribution in [0.15, 0.2) is 30.3 Å². The van der Waals surface area contributed by atoms with E-state index < -0.39 is 0 Å². The second kappa shape index (κ2) is 5.69. The van der Waals surface area contributed by atoms with Gasteiger partial charge in [-0.15, -0.1) is 0 Å². The first-order valence-electron chi connectivity index (χ1n) is 6.18. The number of rotatable bonds is 3. The van der Waals surface area contributed by atoms with Crippen LogP contribution in [0, 0.1) is 0 Å². The van der Waals surface area contributed by atoms with Crippen molar-refractivity contribution < 1.29 is 4.79 Å². The molecule has 1 aromatic carbocycles. The van der Waals surface area contributed by atoms with Crippen LogP contribution in [0.2, 0.25) is 0 Å². The summed E-state index contributed by atoms with van der Waals surface area (Å²) < 4.78 is 0. The van der Waals surface area contributed by atoms with Crippen LogP contribution in [0.4, 0.5) is 0 Å². The molecule has 2 nitrogen and oxygen atoms in total. The van der Waals surface area contributed by atoms with Gasteiger partial charge >= 0.3 is 0 Å². The molecular formula is C14H19NO. The molecule has 1 saturated heterocycles. The molecule has 0 bridgehead atoms. The zero-order valence-electron chi connectivity index (χ0n) is 9.69. The summed E-state index contributed by atoms with van der Waals surface area (Å²) in [4.78, 5) is 13.9. The van der Waals surface area contributed by atoms with E-state index in [1.807, 2.05) is 23.1 Å². The van der Waals surface area contributed by atoms with Gasteiger partial charge in [0.25, 0.3) is 0 Å². The van der Waals surface area contributed by atoms with Gasteiger partial charge in [0.1, 0.15) is 0 Å². The number of amides is 1. The monoisotopic (exact) mass is 217 g/mol. The van der Waals surface area contributed by atoms with E-state index >= 15 is 0 Å². The summed E-state index contributed by atoms with van der Waals surface area (Å²) in [7, 11) is 0. The van der Waals surface area contributed by atoms with Crippen molar-refractivity contribution in [2.24, 2.45) is 0 Å². The molecule has 1 amide bonds. The number of carbonyl (C=O) groups excluding carboxylic acids is 1. The number of carbonyl (C=O) groups is 1. The van der Waals surface area contributed by atoms with Gasteiger partial charge in [0.05, 0.1) is 0 Å². The topological polar surface area (TPSA) is 20.3 Å². The molecule has 0 spiro atoms. The summed E-state index contributed by atoms with van der Waals surface area (Å²) in [5, 5.41) is 0. The molecule has 0 atom stereocenters. The van der Waals surface area contributed by atoms with E-state index in [4.69, 9.17) is 0 Å². The molecule has 1 fully saturated rings. The Balaban J connectivity index is 1.79. The summed E-state index contributed by atoms with van der Waals surface area (Å²) in [6.45, 7) is 1.93. The lowest BCUT2D eigenvalue weighted by Crippen LogP contribution is -2.35. The van der Waals surface area contributed by atoms with Gasteiger partial charge in [-0.2, -0.15) is 0 Å². The fourth-order valence-electron chi connectivity index (χ4n) is 2.20. The highest BCUT2D eigenvalue weighted by Crippen LogP contribution is 2.11. The van der Waals surface area contributed by atoms with E-state index in [1.165, 1.54) is 24.8 Å². The third-order valence-corrected chi connectivity index (χ3v) is 3.18. The molecule has 0 aliphatic carbocycles. The Hall–Kier alpha value is -1.31. The fraction of sp³-hybridized carbons (Fsp3) is 0.500. The smallest absolute Gasteiger partial charge is 0.222 e. The van der Waals surface area contributed by atoms with Gasteiger partial charge in [-0.1, -0.05) is 30.3 Å². The summed E-state index contributed by atoms with van der Waals surface area (Å²) in [6.07, 6.45) is 5.16. The van der Waals surface area contributed by atoms with Gasteiger partial charge < -0.3 is 4.90 Å². The summed E-state index contributed by atoms with van der Waals surface area (Å²) >= 11 is 0. The van der Waals surface area contributed by atoms with E-state index in [9.17, 15) is 4.79 Å². The van der Waals surface area contributed by atoms with Crippen LogP contribution in [0.3, 0.4) is 0 Å². The Kier molecular flexibility index (Phi) is 3.97. The van der Waals surface area contributed by atoms with Crippen LogP contribution in [-0.2, 0) is 11.2 Å². The normalized spacial score (nSPS) is 16.1. The van der Waals surface area contributed by atoms with Crippen molar-refractivity contribution in [1.82, 2.24) is 4.90 Å². The average molecular weight is 217 g/mol. The second-order valence-corrected chi connectivity index (χ2v) is 4.43. The van der Waals surface area contributed by atoms with Crippen LogP contribution >= 0.6 is 0 Å². The summed E-state index contributed by atoms with van der Waals surface area (Å²) in [6, 6.07) is 10.2. The molecule has 0 N–H and O–H groups in total. The van der Waals surface area contributed by atoms with E-state index in [-0.39, 0.29) is 0 Å². The maximum atomic E-state index is 11.9. The number of likely N-dealkylation sites (tertiary alicyclic amines) is 1. The Morgan fingerprint density at radius 1 is 1.06 bits per heavy atom. The highest BCUT2D eigenvalue weighted by molar-refractivity contribution is 5.76. The van der Waals surface area contributed by atoms with Crippen LogP contribution in [0.5, 0.6) is 0 Å². The summed E-state index contributed by atoms with van der Waals surface area (Å²) in [5.74, 6) is 0.323. The van der Waals surface area contributed by atoms with E-state index in [0.717, 1.165) is 19.5 Å². The summed E-state index contributed by atoms with van der Waals surface area (Å²) in [5.41, 5.74) is 1.26. The lowest BCUT2D eigenvalue weighted by molar-refractivity contribution is -0.132. The third kappa shape index (κ3) is 3.09. The van der Waals surface area contributed by atoms with Gasteiger partial charge in [0, 0.05) is 19.5 Å². The number of hydrogen-bond acceptors (Lipinski definition) is 1. The maximum absolute atomic E-state index is 11.9.